The largest absolute Gasteiger partial charge is 0.459 e. The maximum absolute atomic E-state index is 11.9. The van der Waals surface area contributed by atoms with Crippen molar-refractivity contribution in [2.45, 2.75) is 38.8 Å². The summed E-state index contributed by atoms with van der Waals surface area (Å²) >= 11 is 0. The third-order valence-electron chi connectivity index (χ3n) is 3.13. The Labute approximate surface area is 133 Å². The van der Waals surface area contributed by atoms with E-state index in [2.05, 4.69) is 0 Å². The van der Waals surface area contributed by atoms with Gasteiger partial charge in [-0.1, -0.05) is 18.2 Å². The lowest BCUT2D eigenvalue weighted by molar-refractivity contribution is -0.195. The average molecular weight is 322 g/mol. The van der Waals surface area contributed by atoms with Gasteiger partial charge in [-0.05, 0) is 12.1 Å². The summed E-state index contributed by atoms with van der Waals surface area (Å²) in [5.74, 6) is -1.53. The molecule has 0 spiro atoms. The van der Waals surface area contributed by atoms with Gasteiger partial charge in [0.25, 0.3) is 0 Å². The first-order valence-corrected chi connectivity index (χ1v) is 7.17. The molecule has 2 rings (SSSR count). The van der Waals surface area contributed by atoms with Gasteiger partial charge in [0.15, 0.2) is 6.10 Å². The molecule has 1 aromatic rings. The van der Waals surface area contributed by atoms with Crippen LogP contribution in [-0.4, -0.2) is 43.0 Å². The summed E-state index contributed by atoms with van der Waals surface area (Å²) < 4.78 is 20.7. The van der Waals surface area contributed by atoms with Gasteiger partial charge in [-0.2, -0.15) is 0 Å². The van der Waals surface area contributed by atoms with E-state index < -0.39 is 36.4 Å². The fraction of sp³-hybridized carbons (Fsp3) is 0.438. The maximum atomic E-state index is 11.9. The van der Waals surface area contributed by atoms with Crippen molar-refractivity contribution in [3.63, 3.8) is 0 Å². The second-order valence-electron chi connectivity index (χ2n) is 5.08. The molecule has 1 aliphatic rings. The van der Waals surface area contributed by atoms with Gasteiger partial charge in [-0.15, -0.1) is 0 Å². The lowest BCUT2D eigenvalue weighted by Gasteiger charge is -2.17. The number of hydrogen-bond donors (Lipinski definition) is 0. The van der Waals surface area contributed by atoms with Crippen LogP contribution in [0, 0.1) is 0 Å². The summed E-state index contributed by atoms with van der Waals surface area (Å²) in [6.45, 7) is 2.47. The minimum absolute atomic E-state index is 0.0245. The van der Waals surface area contributed by atoms with Gasteiger partial charge < -0.3 is 18.9 Å². The maximum Gasteiger partial charge on any atom is 0.338 e. The highest BCUT2D eigenvalue weighted by Gasteiger charge is 2.40. The lowest BCUT2D eigenvalue weighted by Crippen LogP contribution is -2.30. The Hall–Kier alpha value is -2.41. The van der Waals surface area contributed by atoms with Crippen molar-refractivity contribution in [2.75, 3.05) is 6.61 Å². The van der Waals surface area contributed by atoms with Crippen molar-refractivity contribution >= 4 is 17.9 Å². The molecule has 3 atom stereocenters. The van der Waals surface area contributed by atoms with Crippen molar-refractivity contribution < 1.29 is 33.3 Å². The molecule has 0 saturated carbocycles. The fourth-order valence-corrected chi connectivity index (χ4v) is 2.22. The van der Waals surface area contributed by atoms with Crippen molar-refractivity contribution in [1.82, 2.24) is 0 Å². The Morgan fingerprint density at radius 1 is 1.09 bits per heavy atom. The number of rotatable bonds is 5. The number of esters is 3. The van der Waals surface area contributed by atoms with Crippen molar-refractivity contribution in [3.8, 4) is 0 Å². The highest BCUT2D eigenvalue weighted by molar-refractivity contribution is 5.89. The average Bonchev–Trinajstić information content (AvgIpc) is 2.86. The number of carbonyl (C=O) groups excluding carboxylic acids is 3. The normalized spacial score (nSPS) is 23.1. The van der Waals surface area contributed by atoms with Gasteiger partial charge in [-0.25, -0.2) is 4.79 Å². The molecule has 1 heterocycles. The summed E-state index contributed by atoms with van der Waals surface area (Å²) in [7, 11) is 0. The Morgan fingerprint density at radius 3 is 2.35 bits per heavy atom. The molecule has 0 bridgehead atoms. The van der Waals surface area contributed by atoms with Gasteiger partial charge in [0, 0.05) is 20.3 Å². The SMILES string of the molecule is CC(=O)O[C@@H]1O[C@H](COC(=O)c2ccccc2)C[C@@H]1OC(C)=O. The zero-order valence-corrected chi connectivity index (χ0v) is 12.9. The first kappa shape index (κ1) is 17.0. The summed E-state index contributed by atoms with van der Waals surface area (Å²) in [6, 6.07) is 8.54. The molecule has 1 aliphatic heterocycles. The van der Waals surface area contributed by atoms with Crippen LogP contribution in [0.2, 0.25) is 0 Å². The fourth-order valence-electron chi connectivity index (χ4n) is 2.22. The quantitative estimate of drug-likeness (QED) is 0.599. The van der Waals surface area contributed by atoms with E-state index in [1.54, 1.807) is 30.3 Å². The van der Waals surface area contributed by atoms with Crippen LogP contribution in [0.4, 0.5) is 0 Å². The van der Waals surface area contributed by atoms with Crippen LogP contribution in [0.1, 0.15) is 30.6 Å². The van der Waals surface area contributed by atoms with E-state index in [4.69, 9.17) is 18.9 Å². The predicted molar refractivity (Wildman–Crippen MR) is 77.3 cm³/mol. The zero-order chi connectivity index (χ0) is 16.8. The molecule has 1 fully saturated rings. The molecule has 1 saturated heterocycles. The Bertz CT molecular complexity index is 545. The van der Waals surface area contributed by atoms with E-state index in [0.29, 0.717) is 5.56 Å². The molecule has 0 N–H and O–H groups in total. The molecule has 0 unspecified atom stereocenters. The second kappa shape index (κ2) is 7.73. The van der Waals surface area contributed by atoms with E-state index in [1.807, 2.05) is 0 Å². The van der Waals surface area contributed by atoms with Crippen molar-refractivity contribution in [3.05, 3.63) is 35.9 Å². The Morgan fingerprint density at radius 2 is 1.74 bits per heavy atom. The highest BCUT2D eigenvalue weighted by Crippen LogP contribution is 2.25. The third-order valence-corrected chi connectivity index (χ3v) is 3.13. The van der Waals surface area contributed by atoms with Gasteiger partial charge in [0.1, 0.15) is 6.61 Å². The first-order chi connectivity index (χ1) is 11.0. The number of benzene rings is 1. The summed E-state index contributed by atoms with van der Waals surface area (Å²) in [6.07, 6.45) is -1.94. The molecule has 1 aromatic carbocycles. The molecule has 0 radical (unpaired) electrons. The van der Waals surface area contributed by atoms with Crippen LogP contribution in [0.5, 0.6) is 0 Å². The standard InChI is InChI=1S/C16H18O7/c1-10(17)21-14-8-13(23-16(14)22-11(2)18)9-20-15(19)12-6-4-3-5-7-12/h3-7,13-14,16H,8-9H2,1-2H3/t13-,14-,16+/m0/s1. The minimum Gasteiger partial charge on any atom is -0.459 e. The Balaban J connectivity index is 1.89. The molecule has 7 nitrogen and oxygen atoms in total. The van der Waals surface area contributed by atoms with Gasteiger partial charge in [-0.3, -0.25) is 9.59 Å². The molecule has 0 aliphatic carbocycles. The summed E-state index contributed by atoms with van der Waals surface area (Å²) in [5, 5.41) is 0. The lowest BCUT2D eigenvalue weighted by atomic mass is 10.2. The van der Waals surface area contributed by atoms with Crippen LogP contribution in [0.25, 0.3) is 0 Å². The molecule has 0 amide bonds. The summed E-state index contributed by atoms with van der Waals surface area (Å²) in [5.41, 5.74) is 0.429. The van der Waals surface area contributed by atoms with E-state index in [-0.39, 0.29) is 13.0 Å². The van der Waals surface area contributed by atoms with E-state index in [0.717, 1.165) is 0 Å². The topological polar surface area (TPSA) is 88.1 Å². The monoisotopic (exact) mass is 322 g/mol. The van der Waals surface area contributed by atoms with Crippen LogP contribution in [-0.2, 0) is 28.5 Å². The molecule has 7 heteroatoms. The van der Waals surface area contributed by atoms with E-state index in [1.165, 1.54) is 13.8 Å². The van der Waals surface area contributed by atoms with Crippen LogP contribution >= 0.6 is 0 Å². The second-order valence-corrected chi connectivity index (χ2v) is 5.08. The smallest absolute Gasteiger partial charge is 0.338 e. The van der Waals surface area contributed by atoms with Crippen LogP contribution in [0.15, 0.2) is 30.3 Å². The van der Waals surface area contributed by atoms with E-state index in [9.17, 15) is 14.4 Å². The van der Waals surface area contributed by atoms with Crippen molar-refractivity contribution in [1.29, 1.82) is 0 Å². The number of hydrogen-bond acceptors (Lipinski definition) is 7. The molecular formula is C16H18O7. The Kier molecular flexibility index (Phi) is 5.70. The number of carbonyl (C=O) groups is 3. The minimum atomic E-state index is -0.989. The van der Waals surface area contributed by atoms with Crippen LogP contribution in [0.3, 0.4) is 0 Å². The van der Waals surface area contributed by atoms with Gasteiger partial charge >= 0.3 is 17.9 Å². The highest BCUT2D eigenvalue weighted by atomic mass is 16.7. The molecule has 124 valence electrons. The van der Waals surface area contributed by atoms with E-state index >= 15 is 0 Å². The predicted octanol–water partition coefficient (Wildman–Crippen LogP) is 1.45. The third kappa shape index (κ3) is 5.07. The number of ether oxygens (including phenoxy) is 4. The zero-order valence-electron chi connectivity index (χ0n) is 12.9. The van der Waals surface area contributed by atoms with Crippen LogP contribution < -0.4 is 0 Å². The van der Waals surface area contributed by atoms with Gasteiger partial charge in [0.05, 0.1) is 11.7 Å². The molecule has 23 heavy (non-hydrogen) atoms. The van der Waals surface area contributed by atoms with Gasteiger partial charge in [0.2, 0.25) is 6.29 Å². The molecule has 0 aromatic heterocycles. The summed E-state index contributed by atoms with van der Waals surface area (Å²) in [4.78, 5) is 34.0. The molecular weight excluding hydrogens is 304 g/mol. The van der Waals surface area contributed by atoms with Crippen molar-refractivity contribution in [2.24, 2.45) is 0 Å². The first-order valence-electron chi connectivity index (χ1n) is 7.17.